The number of halogens is 4. The number of benzene rings is 2. The highest BCUT2D eigenvalue weighted by molar-refractivity contribution is 6.30. The van der Waals surface area contributed by atoms with Gasteiger partial charge in [0.25, 0.3) is 5.91 Å². The van der Waals surface area contributed by atoms with Gasteiger partial charge in [-0.25, -0.2) is 18.2 Å². The third kappa shape index (κ3) is 4.57. The fourth-order valence-electron chi connectivity index (χ4n) is 2.27. The van der Waals surface area contributed by atoms with Crippen molar-refractivity contribution in [2.24, 2.45) is 0 Å². The van der Waals surface area contributed by atoms with Gasteiger partial charge in [-0.05, 0) is 42.0 Å². The van der Waals surface area contributed by atoms with Crippen LogP contribution in [0.3, 0.4) is 0 Å². The summed E-state index contributed by atoms with van der Waals surface area (Å²) in [5, 5.41) is 6.12. The molecular formula is C19H13ClF3N3O. The highest BCUT2D eigenvalue weighted by Gasteiger charge is 2.18. The molecule has 0 unspecified atom stereocenters. The summed E-state index contributed by atoms with van der Waals surface area (Å²) in [5.41, 5.74) is 0.687. The molecule has 0 aliphatic rings. The van der Waals surface area contributed by atoms with Gasteiger partial charge in [-0.2, -0.15) is 0 Å². The van der Waals surface area contributed by atoms with Crippen molar-refractivity contribution in [1.82, 2.24) is 4.98 Å². The fraction of sp³-hybridized carbons (Fsp3) is 0.0526. The SMILES string of the molecule is O=C(Nc1ccc(NCc2ccc(Cl)cc2)nc1)c1ccc(F)c(F)c1F. The molecule has 0 saturated heterocycles. The first kappa shape index (κ1) is 18.7. The van der Waals surface area contributed by atoms with Crippen LogP contribution in [0.1, 0.15) is 15.9 Å². The molecule has 0 aliphatic carbocycles. The molecule has 2 aromatic carbocycles. The number of amides is 1. The summed E-state index contributed by atoms with van der Waals surface area (Å²) in [5.74, 6) is -4.94. The molecule has 1 amide bonds. The second-order valence-electron chi connectivity index (χ2n) is 5.59. The molecule has 2 N–H and O–H groups in total. The summed E-state index contributed by atoms with van der Waals surface area (Å²) in [7, 11) is 0. The Morgan fingerprint density at radius 2 is 1.70 bits per heavy atom. The Morgan fingerprint density at radius 1 is 0.963 bits per heavy atom. The van der Waals surface area contributed by atoms with Gasteiger partial charge in [0.2, 0.25) is 0 Å². The Hall–Kier alpha value is -3.06. The maximum Gasteiger partial charge on any atom is 0.258 e. The number of anilines is 2. The monoisotopic (exact) mass is 391 g/mol. The summed E-state index contributed by atoms with van der Waals surface area (Å²) in [6, 6.07) is 12.0. The van der Waals surface area contributed by atoms with E-state index in [1.54, 1.807) is 24.3 Å². The number of pyridine rings is 1. The molecule has 0 fully saturated rings. The third-order valence-corrected chi connectivity index (χ3v) is 3.94. The lowest BCUT2D eigenvalue weighted by Crippen LogP contribution is -2.15. The molecule has 1 aromatic heterocycles. The zero-order chi connectivity index (χ0) is 19.4. The summed E-state index contributed by atoms with van der Waals surface area (Å²) in [4.78, 5) is 16.2. The predicted molar refractivity (Wildman–Crippen MR) is 97.3 cm³/mol. The Kier molecular flexibility index (Phi) is 5.61. The molecule has 1 heterocycles. The van der Waals surface area contributed by atoms with Crippen molar-refractivity contribution in [2.75, 3.05) is 10.6 Å². The van der Waals surface area contributed by atoms with Crippen LogP contribution in [0.15, 0.2) is 54.7 Å². The van der Waals surface area contributed by atoms with Crippen LogP contribution >= 0.6 is 11.6 Å². The van der Waals surface area contributed by atoms with E-state index in [2.05, 4.69) is 15.6 Å². The van der Waals surface area contributed by atoms with E-state index < -0.39 is 28.9 Å². The normalized spacial score (nSPS) is 10.5. The standard InChI is InChI=1S/C19H13ClF3N3O/c20-12-3-1-11(2-4-12)9-24-16-8-5-13(10-25-16)26-19(27)14-6-7-15(21)18(23)17(14)22/h1-8,10H,9H2,(H,24,25)(H,26,27). The van der Waals surface area contributed by atoms with Gasteiger partial charge in [0.1, 0.15) is 5.82 Å². The molecule has 0 bridgehead atoms. The van der Waals surface area contributed by atoms with Crippen LogP contribution in [0, 0.1) is 17.5 Å². The van der Waals surface area contributed by atoms with Crippen LogP contribution in [0.2, 0.25) is 5.02 Å². The first-order valence-corrected chi connectivity index (χ1v) is 8.21. The van der Waals surface area contributed by atoms with Gasteiger partial charge < -0.3 is 10.6 Å². The first-order chi connectivity index (χ1) is 12.9. The van der Waals surface area contributed by atoms with Gasteiger partial charge in [-0.1, -0.05) is 23.7 Å². The average molecular weight is 392 g/mol. The Labute approximate surface area is 158 Å². The van der Waals surface area contributed by atoms with E-state index in [1.807, 2.05) is 12.1 Å². The number of carbonyl (C=O) groups is 1. The highest BCUT2D eigenvalue weighted by Crippen LogP contribution is 2.18. The minimum Gasteiger partial charge on any atom is -0.366 e. The molecular weight excluding hydrogens is 379 g/mol. The summed E-state index contributed by atoms with van der Waals surface area (Å²) in [6.45, 7) is 0.524. The molecule has 0 spiro atoms. The van der Waals surface area contributed by atoms with Crippen LogP contribution in [0.25, 0.3) is 0 Å². The second-order valence-corrected chi connectivity index (χ2v) is 6.03. The fourth-order valence-corrected chi connectivity index (χ4v) is 2.39. The van der Waals surface area contributed by atoms with Gasteiger partial charge in [-0.15, -0.1) is 0 Å². The largest absolute Gasteiger partial charge is 0.366 e. The highest BCUT2D eigenvalue weighted by atomic mass is 35.5. The first-order valence-electron chi connectivity index (χ1n) is 7.83. The predicted octanol–water partition coefficient (Wildman–Crippen LogP) is 5.02. The summed E-state index contributed by atoms with van der Waals surface area (Å²) in [6.07, 6.45) is 1.36. The Morgan fingerprint density at radius 3 is 2.37 bits per heavy atom. The molecule has 8 heteroatoms. The molecule has 27 heavy (non-hydrogen) atoms. The Bertz CT molecular complexity index is 963. The quantitative estimate of drug-likeness (QED) is 0.601. The maximum absolute atomic E-state index is 13.7. The smallest absolute Gasteiger partial charge is 0.258 e. The summed E-state index contributed by atoms with van der Waals surface area (Å²) >= 11 is 5.83. The van der Waals surface area contributed by atoms with Crippen LogP contribution in [-0.4, -0.2) is 10.9 Å². The van der Waals surface area contributed by atoms with Crippen LogP contribution in [-0.2, 0) is 6.54 Å². The lowest BCUT2D eigenvalue weighted by atomic mass is 10.2. The van der Waals surface area contributed by atoms with Crippen molar-refractivity contribution in [3.63, 3.8) is 0 Å². The van der Waals surface area contributed by atoms with Gasteiger partial charge >= 0.3 is 0 Å². The van der Waals surface area contributed by atoms with E-state index in [1.165, 1.54) is 6.20 Å². The van der Waals surface area contributed by atoms with Gasteiger partial charge in [-0.3, -0.25) is 4.79 Å². The van der Waals surface area contributed by atoms with E-state index in [0.717, 1.165) is 11.6 Å². The zero-order valence-corrected chi connectivity index (χ0v) is 14.5. The van der Waals surface area contributed by atoms with Crippen molar-refractivity contribution in [3.8, 4) is 0 Å². The van der Waals surface area contributed by atoms with Gasteiger partial charge in [0.15, 0.2) is 17.5 Å². The number of hydrogen-bond acceptors (Lipinski definition) is 3. The lowest BCUT2D eigenvalue weighted by molar-refractivity contribution is 0.102. The molecule has 3 aromatic rings. The Balaban J connectivity index is 1.62. The number of carbonyl (C=O) groups excluding carboxylic acids is 1. The molecule has 0 aliphatic heterocycles. The number of nitrogens with one attached hydrogen (secondary N) is 2. The van der Waals surface area contributed by atoms with E-state index in [4.69, 9.17) is 11.6 Å². The number of rotatable bonds is 5. The summed E-state index contributed by atoms with van der Waals surface area (Å²) < 4.78 is 39.8. The van der Waals surface area contributed by atoms with Gasteiger partial charge in [0, 0.05) is 11.6 Å². The average Bonchev–Trinajstić information content (AvgIpc) is 2.67. The number of aromatic nitrogens is 1. The third-order valence-electron chi connectivity index (χ3n) is 3.69. The van der Waals surface area contributed by atoms with E-state index in [9.17, 15) is 18.0 Å². The maximum atomic E-state index is 13.7. The molecule has 138 valence electrons. The van der Waals surface area contributed by atoms with Gasteiger partial charge in [0.05, 0.1) is 17.4 Å². The van der Waals surface area contributed by atoms with Crippen molar-refractivity contribution in [2.45, 2.75) is 6.54 Å². The molecule has 0 saturated carbocycles. The molecule has 4 nitrogen and oxygen atoms in total. The van der Waals surface area contributed by atoms with Crippen molar-refractivity contribution in [3.05, 3.63) is 88.3 Å². The number of nitrogens with zero attached hydrogens (tertiary/aromatic N) is 1. The minimum absolute atomic E-state index is 0.279. The minimum atomic E-state index is -1.69. The second kappa shape index (κ2) is 8.09. The van der Waals surface area contributed by atoms with Crippen molar-refractivity contribution >= 4 is 29.0 Å². The molecule has 3 rings (SSSR count). The lowest BCUT2D eigenvalue weighted by Gasteiger charge is -2.09. The van der Waals surface area contributed by atoms with Crippen molar-refractivity contribution < 1.29 is 18.0 Å². The van der Waals surface area contributed by atoms with Crippen molar-refractivity contribution in [1.29, 1.82) is 0 Å². The zero-order valence-electron chi connectivity index (χ0n) is 13.8. The van der Waals surface area contributed by atoms with Crippen LogP contribution < -0.4 is 10.6 Å². The van der Waals surface area contributed by atoms with E-state index >= 15 is 0 Å². The molecule has 0 atom stereocenters. The van der Waals surface area contributed by atoms with Crippen LogP contribution in [0.4, 0.5) is 24.7 Å². The topological polar surface area (TPSA) is 54.0 Å². The van der Waals surface area contributed by atoms with E-state index in [0.29, 0.717) is 23.5 Å². The van der Waals surface area contributed by atoms with Crippen LogP contribution in [0.5, 0.6) is 0 Å². The number of hydrogen-bond donors (Lipinski definition) is 2. The van der Waals surface area contributed by atoms with E-state index in [-0.39, 0.29) is 5.69 Å². The molecule has 0 radical (unpaired) electrons.